The van der Waals surface area contributed by atoms with Crippen LogP contribution in [0.4, 0.5) is 13.2 Å². The summed E-state index contributed by atoms with van der Waals surface area (Å²) in [5.41, 5.74) is 0.181. The van der Waals surface area contributed by atoms with E-state index in [1.165, 1.54) is 6.07 Å². The lowest BCUT2D eigenvalue weighted by Crippen LogP contribution is -2.04. The molecule has 1 aromatic carbocycles. The quantitative estimate of drug-likeness (QED) is 0.645. The predicted molar refractivity (Wildman–Crippen MR) is 71.1 cm³/mol. The number of furan rings is 1. The standard InChI is InChI=1S/C13H8BrF3N2O/c1-19-9-3-2-7(13(15,16)17)6-8(9)18-12(19)10-4-5-11(14)20-10/h2-6H,1H3. The summed E-state index contributed by atoms with van der Waals surface area (Å²) in [6.45, 7) is 0. The molecule has 0 aliphatic carbocycles. The summed E-state index contributed by atoms with van der Waals surface area (Å²) in [4.78, 5) is 4.22. The Balaban J connectivity index is 2.19. The van der Waals surface area contributed by atoms with Gasteiger partial charge in [-0.3, -0.25) is 0 Å². The van der Waals surface area contributed by atoms with E-state index < -0.39 is 11.7 Å². The van der Waals surface area contributed by atoms with Crippen molar-refractivity contribution in [3.63, 3.8) is 0 Å². The summed E-state index contributed by atoms with van der Waals surface area (Å²) in [6.07, 6.45) is -4.38. The van der Waals surface area contributed by atoms with Crippen LogP contribution in [0, 0.1) is 0 Å². The Morgan fingerprint density at radius 2 is 1.95 bits per heavy atom. The number of nitrogens with zero attached hydrogens (tertiary/aromatic N) is 2. The third kappa shape index (κ3) is 2.11. The van der Waals surface area contributed by atoms with Crippen LogP contribution in [0.2, 0.25) is 0 Å². The number of benzene rings is 1. The van der Waals surface area contributed by atoms with Gasteiger partial charge >= 0.3 is 6.18 Å². The molecule has 3 rings (SSSR count). The molecule has 0 aliphatic rings. The number of hydrogen-bond acceptors (Lipinski definition) is 2. The Labute approximate surface area is 120 Å². The molecule has 20 heavy (non-hydrogen) atoms. The van der Waals surface area contributed by atoms with E-state index in [0.29, 0.717) is 21.8 Å². The van der Waals surface area contributed by atoms with Crippen molar-refractivity contribution in [3.05, 3.63) is 40.6 Å². The Morgan fingerprint density at radius 1 is 1.20 bits per heavy atom. The van der Waals surface area contributed by atoms with Gasteiger partial charge in [0.2, 0.25) is 0 Å². The van der Waals surface area contributed by atoms with Gasteiger partial charge in [-0.1, -0.05) is 0 Å². The molecule has 0 fully saturated rings. The second-order valence-corrected chi connectivity index (χ2v) is 5.08. The first kappa shape index (κ1) is 13.2. The molecule has 104 valence electrons. The molecule has 3 nitrogen and oxygen atoms in total. The van der Waals surface area contributed by atoms with Crippen molar-refractivity contribution in [2.24, 2.45) is 7.05 Å². The average molecular weight is 345 g/mol. The molecule has 0 saturated carbocycles. The summed E-state index contributed by atoms with van der Waals surface area (Å²) in [5, 5.41) is 0. The summed E-state index contributed by atoms with van der Waals surface area (Å²) in [7, 11) is 1.73. The summed E-state index contributed by atoms with van der Waals surface area (Å²) in [5.74, 6) is 0.967. The molecule has 3 aromatic rings. The summed E-state index contributed by atoms with van der Waals surface area (Å²) >= 11 is 3.18. The minimum absolute atomic E-state index is 0.282. The predicted octanol–water partition coefficient (Wildman–Crippen LogP) is 4.61. The van der Waals surface area contributed by atoms with E-state index in [4.69, 9.17) is 4.42 Å². The van der Waals surface area contributed by atoms with Crippen LogP contribution in [0.3, 0.4) is 0 Å². The smallest absolute Gasteiger partial charge is 0.416 e. The van der Waals surface area contributed by atoms with Gasteiger partial charge in [0, 0.05) is 7.05 Å². The monoisotopic (exact) mass is 344 g/mol. The first-order valence-corrected chi connectivity index (χ1v) is 6.45. The first-order valence-electron chi connectivity index (χ1n) is 5.65. The molecular weight excluding hydrogens is 337 g/mol. The van der Waals surface area contributed by atoms with Crippen molar-refractivity contribution in [1.29, 1.82) is 0 Å². The minimum Gasteiger partial charge on any atom is -0.446 e. The van der Waals surface area contributed by atoms with Crippen molar-refractivity contribution in [3.8, 4) is 11.6 Å². The molecule has 2 heterocycles. The molecule has 0 amide bonds. The van der Waals surface area contributed by atoms with E-state index in [1.54, 1.807) is 23.7 Å². The van der Waals surface area contributed by atoms with Crippen molar-refractivity contribution in [1.82, 2.24) is 9.55 Å². The van der Waals surface area contributed by atoms with Crippen molar-refractivity contribution < 1.29 is 17.6 Å². The fourth-order valence-electron chi connectivity index (χ4n) is 2.03. The lowest BCUT2D eigenvalue weighted by atomic mass is 10.2. The molecule has 0 radical (unpaired) electrons. The number of aromatic nitrogens is 2. The zero-order chi connectivity index (χ0) is 14.5. The van der Waals surface area contributed by atoms with Crippen LogP contribution in [0.25, 0.3) is 22.6 Å². The normalized spacial score (nSPS) is 12.2. The van der Waals surface area contributed by atoms with Crippen molar-refractivity contribution in [2.45, 2.75) is 6.18 Å². The highest BCUT2D eigenvalue weighted by Crippen LogP contribution is 2.33. The largest absolute Gasteiger partial charge is 0.446 e. The first-order chi connectivity index (χ1) is 9.36. The Kier molecular flexibility index (Phi) is 2.89. The minimum atomic E-state index is -4.38. The van der Waals surface area contributed by atoms with Crippen LogP contribution in [-0.4, -0.2) is 9.55 Å². The number of alkyl halides is 3. The molecule has 0 atom stereocenters. The van der Waals surface area contributed by atoms with Gasteiger partial charge < -0.3 is 8.98 Å². The summed E-state index contributed by atoms with van der Waals surface area (Å²) < 4.78 is 45.7. The molecule has 0 unspecified atom stereocenters. The van der Waals surface area contributed by atoms with Gasteiger partial charge in [0.1, 0.15) is 0 Å². The van der Waals surface area contributed by atoms with Crippen LogP contribution in [0.5, 0.6) is 0 Å². The van der Waals surface area contributed by atoms with Gasteiger partial charge in [-0.2, -0.15) is 13.2 Å². The summed E-state index contributed by atoms with van der Waals surface area (Å²) in [6, 6.07) is 6.90. The number of halogens is 4. The topological polar surface area (TPSA) is 31.0 Å². The van der Waals surface area contributed by atoms with E-state index in [9.17, 15) is 13.2 Å². The second kappa shape index (κ2) is 4.37. The van der Waals surface area contributed by atoms with Gasteiger partial charge in [0.25, 0.3) is 0 Å². The highest BCUT2D eigenvalue weighted by Gasteiger charge is 2.31. The highest BCUT2D eigenvalue weighted by atomic mass is 79.9. The maximum absolute atomic E-state index is 12.7. The average Bonchev–Trinajstić information content (AvgIpc) is 2.92. The molecule has 7 heteroatoms. The Morgan fingerprint density at radius 3 is 2.55 bits per heavy atom. The van der Waals surface area contributed by atoms with Gasteiger partial charge in [-0.15, -0.1) is 0 Å². The van der Waals surface area contributed by atoms with Gasteiger partial charge in [-0.05, 0) is 46.3 Å². The molecule has 0 spiro atoms. The van der Waals surface area contributed by atoms with E-state index in [0.717, 1.165) is 12.1 Å². The number of hydrogen-bond donors (Lipinski definition) is 0. The van der Waals surface area contributed by atoms with Crippen molar-refractivity contribution in [2.75, 3.05) is 0 Å². The van der Waals surface area contributed by atoms with Crippen LogP contribution in [0.15, 0.2) is 39.4 Å². The van der Waals surface area contributed by atoms with Crippen molar-refractivity contribution >= 4 is 27.0 Å². The molecular formula is C13H8BrF3N2O. The lowest BCUT2D eigenvalue weighted by Gasteiger charge is -2.05. The number of rotatable bonds is 1. The fraction of sp³-hybridized carbons (Fsp3) is 0.154. The molecule has 0 aliphatic heterocycles. The van der Waals surface area contributed by atoms with Gasteiger partial charge in [0.15, 0.2) is 16.3 Å². The maximum Gasteiger partial charge on any atom is 0.416 e. The zero-order valence-electron chi connectivity index (χ0n) is 10.2. The fourth-order valence-corrected chi connectivity index (χ4v) is 2.34. The van der Waals surface area contributed by atoms with Gasteiger partial charge in [-0.25, -0.2) is 4.98 Å². The van der Waals surface area contributed by atoms with E-state index in [-0.39, 0.29) is 5.52 Å². The van der Waals surface area contributed by atoms with Gasteiger partial charge in [0.05, 0.1) is 16.6 Å². The second-order valence-electron chi connectivity index (χ2n) is 4.30. The molecule has 2 aromatic heterocycles. The third-order valence-corrected chi connectivity index (χ3v) is 3.43. The zero-order valence-corrected chi connectivity index (χ0v) is 11.8. The molecule has 0 bridgehead atoms. The van der Waals surface area contributed by atoms with E-state index >= 15 is 0 Å². The molecule has 0 N–H and O–H groups in total. The van der Waals surface area contributed by atoms with Crippen LogP contribution in [0.1, 0.15) is 5.56 Å². The third-order valence-electron chi connectivity index (χ3n) is 3.00. The Hall–Kier alpha value is -1.76. The molecule has 0 saturated heterocycles. The van der Waals surface area contributed by atoms with Crippen LogP contribution < -0.4 is 0 Å². The number of aryl methyl sites for hydroxylation is 1. The maximum atomic E-state index is 12.7. The SMILES string of the molecule is Cn1c(-c2ccc(Br)o2)nc2cc(C(F)(F)F)ccc21. The highest BCUT2D eigenvalue weighted by molar-refractivity contribution is 9.10. The van der Waals surface area contributed by atoms with E-state index in [1.807, 2.05) is 0 Å². The van der Waals surface area contributed by atoms with Crippen LogP contribution >= 0.6 is 15.9 Å². The lowest BCUT2D eigenvalue weighted by molar-refractivity contribution is -0.137. The number of imidazole rings is 1. The van der Waals surface area contributed by atoms with Crippen LogP contribution in [-0.2, 0) is 13.2 Å². The Bertz CT molecular complexity index is 789. The number of fused-ring (bicyclic) bond motifs is 1. The van der Waals surface area contributed by atoms with E-state index in [2.05, 4.69) is 20.9 Å².